The van der Waals surface area contributed by atoms with Crippen molar-refractivity contribution >= 4 is 16.1 Å². The number of sulfonamides is 1. The van der Waals surface area contributed by atoms with Crippen molar-refractivity contribution in [1.29, 1.82) is 0 Å². The summed E-state index contributed by atoms with van der Waals surface area (Å²) in [6, 6.07) is 13.9. The number of hydrogen-bond donors (Lipinski definition) is 1. The lowest BCUT2D eigenvalue weighted by Crippen LogP contribution is -2.41. The van der Waals surface area contributed by atoms with Gasteiger partial charge in [0.15, 0.2) is 0 Å². The van der Waals surface area contributed by atoms with Gasteiger partial charge in [-0.15, -0.1) is 0 Å². The van der Waals surface area contributed by atoms with Crippen LogP contribution in [0.3, 0.4) is 0 Å². The first-order chi connectivity index (χ1) is 14.4. The summed E-state index contributed by atoms with van der Waals surface area (Å²) in [6.45, 7) is 1.88. The van der Waals surface area contributed by atoms with Gasteiger partial charge in [-0.05, 0) is 17.7 Å². The average Bonchev–Trinajstić information content (AvgIpc) is 2.78. The molecule has 1 aliphatic rings. The van der Waals surface area contributed by atoms with Crippen LogP contribution < -0.4 is 10.1 Å². The Balaban J connectivity index is 1.68. The minimum Gasteiger partial charge on any atom is -0.496 e. The molecule has 2 aromatic rings. The van der Waals surface area contributed by atoms with Crippen molar-refractivity contribution in [2.24, 2.45) is 0 Å². The molecule has 0 aromatic heterocycles. The quantitative estimate of drug-likeness (QED) is 0.722. The lowest BCUT2D eigenvalue weighted by molar-refractivity contribution is 0.0730. The van der Waals surface area contributed by atoms with Gasteiger partial charge in [-0.2, -0.15) is 4.31 Å². The van der Waals surface area contributed by atoms with E-state index < -0.39 is 10.0 Å². The largest absolute Gasteiger partial charge is 0.496 e. The summed E-state index contributed by atoms with van der Waals surface area (Å²) in [5, 5.41) is 2.81. The molecule has 2 aromatic carbocycles. The standard InChI is InChI=1S/C21H27N3O5S/c1-23(16-18-8-3-5-9-19(18)28-2)21(25)22-15-17-7-4-6-10-20(17)30(26,27)24-11-13-29-14-12-24/h3-10H,11-16H2,1-2H3,(H,22,25). The molecule has 0 saturated carbocycles. The van der Waals surface area contributed by atoms with Crippen molar-refractivity contribution in [3.05, 3.63) is 59.7 Å². The summed E-state index contributed by atoms with van der Waals surface area (Å²) in [5.41, 5.74) is 1.43. The van der Waals surface area contributed by atoms with Crippen LogP contribution in [-0.2, 0) is 27.8 Å². The molecular weight excluding hydrogens is 406 g/mol. The fourth-order valence-corrected chi connectivity index (χ4v) is 4.92. The molecule has 0 spiro atoms. The average molecular weight is 434 g/mol. The number of nitrogens with zero attached hydrogens (tertiary/aromatic N) is 2. The lowest BCUT2D eigenvalue weighted by Gasteiger charge is -2.27. The van der Waals surface area contributed by atoms with Gasteiger partial charge in [-0.1, -0.05) is 36.4 Å². The van der Waals surface area contributed by atoms with Gasteiger partial charge in [-0.3, -0.25) is 0 Å². The number of ether oxygens (including phenoxy) is 2. The van der Waals surface area contributed by atoms with E-state index in [-0.39, 0.29) is 17.5 Å². The SMILES string of the molecule is COc1ccccc1CN(C)C(=O)NCc1ccccc1S(=O)(=O)N1CCOCC1. The van der Waals surface area contributed by atoms with Crippen LogP contribution in [0.25, 0.3) is 0 Å². The molecule has 0 unspecified atom stereocenters. The normalized spacial score (nSPS) is 14.9. The molecule has 3 rings (SSSR count). The molecule has 0 bridgehead atoms. The Hall–Kier alpha value is -2.62. The Morgan fingerprint density at radius 2 is 1.73 bits per heavy atom. The van der Waals surface area contributed by atoms with E-state index in [2.05, 4.69) is 5.32 Å². The van der Waals surface area contributed by atoms with Crippen LogP contribution in [0.15, 0.2) is 53.4 Å². The second-order valence-corrected chi connectivity index (χ2v) is 8.86. The Labute approximate surface area is 177 Å². The zero-order valence-corrected chi connectivity index (χ0v) is 18.0. The van der Waals surface area contributed by atoms with E-state index in [9.17, 15) is 13.2 Å². The number of benzene rings is 2. The van der Waals surface area contributed by atoms with Crippen LogP contribution in [0.5, 0.6) is 5.75 Å². The van der Waals surface area contributed by atoms with Crippen molar-refractivity contribution in [1.82, 2.24) is 14.5 Å². The topological polar surface area (TPSA) is 88.2 Å². The van der Waals surface area contributed by atoms with Gasteiger partial charge in [0.2, 0.25) is 10.0 Å². The van der Waals surface area contributed by atoms with E-state index in [0.29, 0.717) is 44.2 Å². The third-order valence-electron chi connectivity index (χ3n) is 4.94. The van der Waals surface area contributed by atoms with Gasteiger partial charge in [-0.25, -0.2) is 13.2 Å². The first-order valence-corrected chi connectivity index (χ1v) is 11.1. The summed E-state index contributed by atoms with van der Waals surface area (Å²) >= 11 is 0. The zero-order valence-electron chi connectivity index (χ0n) is 17.2. The number of urea groups is 1. The number of hydrogen-bond acceptors (Lipinski definition) is 5. The van der Waals surface area contributed by atoms with Gasteiger partial charge < -0.3 is 19.7 Å². The molecule has 1 fully saturated rings. The second kappa shape index (κ2) is 9.92. The van der Waals surface area contributed by atoms with Crippen molar-refractivity contribution in [2.45, 2.75) is 18.0 Å². The molecule has 8 nitrogen and oxygen atoms in total. The highest BCUT2D eigenvalue weighted by Crippen LogP contribution is 2.22. The first-order valence-electron chi connectivity index (χ1n) is 9.70. The van der Waals surface area contributed by atoms with E-state index >= 15 is 0 Å². The maximum atomic E-state index is 13.0. The van der Waals surface area contributed by atoms with E-state index in [1.807, 2.05) is 24.3 Å². The highest BCUT2D eigenvalue weighted by molar-refractivity contribution is 7.89. The lowest BCUT2D eigenvalue weighted by atomic mass is 10.2. The molecule has 0 atom stereocenters. The molecule has 1 N–H and O–H groups in total. The van der Waals surface area contributed by atoms with E-state index in [4.69, 9.17) is 9.47 Å². The van der Waals surface area contributed by atoms with Crippen LogP contribution in [0.2, 0.25) is 0 Å². The highest BCUT2D eigenvalue weighted by Gasteiger charge is 2.28. The maximum absolute atomic E-state index is 13.0. The first kappa shape index (κ1) is 22.1. The van der Waals surface area contributed by atoms with Gasteiger partial charge >= 0.3 is 6.03 Å². The third-order valence-corrected chi connectivity index (χ3v) is 6.94. The van der Waals surface area contributed by atoms with Gasteiger partial charge in [0.25, 0.3) is 0 Å². The van der Waals surface area contributed by atoms with E-state index in [1.54, 1.807) is 38.4 Å². The number of morpholine rings is 1. The van der Waals surface area contributed by atoms with Crippen LogP contribution in [0.4, 0.5) is 4.79 Å². The smallest absolute Gasteiger partial charge is 0.317 e. The van der Waals surface area contributed by atoms with Crippen molar-refractivity contribution in [3.63, 3.8) is 0 Å². The van der Waals surface area contributed by atoms with Crippen molar-refractivity contribution in [2.75, 3.05) is 40.5 Å². The Kier molecular flexibility index (Phi) is 7.30. The summed E-state index contributed by atoms with van der Waals surface area (Å²) in [5.74, 6) is 0.708. The summed E-state index contributed by atoms with van der Waals surface area (Å²) in [7, 11) is -0.380. The maximum Gasteiger partial charge on any atom is 0.317 e. The zero-order chi connectivity index (χ0) is 21.6. The Bertz CT molecular complexity index is 974. The Morgan fingerprint density at radius 1 is 1.10 bits per heavy atom. The molecule has 0 aliphatic carbocycles. The monoisotopic (exact) mass is 433 g/mol. The van der Waals surface area contributed by atoms with Crippen molar-refractivity contribution < 1.29 is 22.7 Å². The number of para-hydroxylation sites is 1. The van der Waals surface area contributed by atoms with Crippen LogP contribution in [0.1, 0.15) is 11.1 Å². The number of carbonyl (C=O) groups is 1. The van der Waals surface area contributed by atoms with E-state index in [0.717, 1.165) is 5.56 Å². The molecule has 30 heavy (non-hydrogen) atoms. The van der Waals surface area contributed by atoms with Crippen LogP contribution in [-0.4, -0.2) is 64.1 Å². The van der Waals surface area contributed by atoms with Crippen molar-refractivity contribution in [3.8, 4) is 5.75 Å². The fourth-order valence-electron chi connectivity index (χ4n) is 3.29. The number of rotatable bonds is 7. The van der Waals surface area contributed by atoms with Gasteiger partial charge in [0.05, 0.1) is 31.8 Å². The molecule has 9 heteroatoms. The predicted molar refractivity (Wildman–Crippen MR) is 113 cm³/mol. The fraction of sp³-hybridized carbons (Fsp3) is 0.381. The minimum absolute atomic E-state index is 0.106. The summed E-state index contributed by atoms with van der Waals surface area (Å²) < 4.78 is 38.1. The number of carbonyl (C=O) groups excluding carboxylic acids is 1. The molecular formula is C21H27N3O5S. The molecule has 162 valence electrons. The van der Waals surface area contributed by atoms with Gasteiger partial charge in [0.1, 0.15) is 5.75 Å². The van der Waals surface area contributed by atoms with Crippen LogP contribution >= 0.6 is 0 Å². The molecule has 2 amide bonds. The summed E-state index contributed by atoms with van der Waals surface area (Å²) in [4.78, 5) is 14.3. The third kappa shape index (κ3) is 5.10. The highest BCUT2D eigenvalue weighted by atomic mass is 32.2. The molecule has 1 aliphatic heterocycles. The number of nitrogens with one attached hydrogen (secondary N) is 1. The molecule has 0 radical (unpaired) electrons. The summed E-state index contributed by atoms with van der Waals surface area (Å²) in [6.07, 6.45) is 0. The number of amides is 2. The minimum atomic E-state index is -3.65. The molecule has 1 heterocycles. The van der Waals surface area contributed by atoms with E-state index in [1.165, 1.54) is 9.21 Å². The van der Waals surface area contributed by atoms with Gasteiger partial charge in [0, 0.05) is 32.2 Å². The molecule has 1 saturated heterocycles. The van der Waals surface area contributed by atoms with Crippen LogP contribution in [0, 0.1) is 0 Å². The number of methoxy groups -OCH3 is 1. The Morgan fingerprint density at radius 3 is 2.43 bits per heavy atom. The second-order valence-electron chi connectivity index (χ2n) is 6.95. The predicted octanol–water partition coefficient (Wildman–Crippen LogP) is 2.06.